The maximum absolute atomic E-state index is 5.09. The smallest absolute Gasteiger partial charge is 0.106 e. The van der Waals surface area contributed by atoms with E-state index in [2.05, 4.69) is 12.1 Å². The quantitative estimate of drug-likeness (QED) is 0.532. The van der Waals surface area contributed by atoms with Crippen LogP contribution in [0.5, 0.6) is 0 Å². The van der Waals surface area contributed by atoms with Gasteiger partial charge in [-0.25, -0.2) is 0 Å². The van der Waals surface area contributed by atoms with Gasteiger partial charge in [-0.3, -0.25) is 0 Å². The molecule has 1 aliphatic heterocycles. The lowest BCUT2D eigenvalue weighted by atomic mass is 10.2. The van der Waals surface area contributed by atoms with Crippen LogP contribution in [0.2, 0.25) is 0 Å². The molecule has 2 nitrogen and oxygen atoms in total. The van der Waals surface area contributed by atoms with E-state index in [1.165, 1.54) is 5.56 Å². The van der Waals surface area contributed by atoms with Crippen molar-refractivity contribution in [2.45, 2.75) is 6.10 Å². The van der Waals surface area contributed by atoms with Gasteiger partial charge < -0.3 is 10.2 Å². The Morgan fingerprint density at radius 2 is 1.80 bits per heavy atom. The van der Waals surface area contributed by atoms with Crippen molar-refractivity contribution in [3.05, 3.63) is 35.9 Å². The molecule has 0 saturated carbocycles. The summed E-state index contributed by atoms with van der Waals surface area (Å²) in [7, 11) is 0. The predicted molar refractivity (Wildman–Crippen MR) is 38.7 cm³/mol. The minimum Gasteiger partial charge on any atom is -0.412 e. The topological polar surface area (TPSA) is 44.0 Å². The highest BCUT2D eigenvalue weighted by atomic mass is 16.6. The van der Waals surface area contributed by atoms with Crippen molar-refractivity contribution in [1.82, 2.24) is 0 Å². The van der Waals surface area contributed by atoms with Crippen molar-refractivity contribution < 1.29 is 10.2 Å². The monoisotopic (exact) mass is 138 g/mol. The lowest BCUT2D eigenvalue weighted by Gasteiger charge is -1.89. The van der Waals surface area contributed by atoms with Crippen LogP contribution in [0.25, 0.3) is 0 Å². The first-order valence-electron chi connectivity index (χ1n) is 3.13. The summed E-state index contributed by atoms with van der Waals surface area (Å²) in [6.07, 6.45) is 0.409. The average Bonchev–Trinajstić information content (AvgIpc) is 2.71. The van der Waals surface area contributed by atoms with Gasteiger partial charge in [0.1, 0.15) is 6.10 Å². The molecule has 1 fully saturated rings. The fraction of sp³-hybridized carbons (Fsp3) is 0.250. The molecular formula is C8H10O2. The van der Waals surface area contributed by atoms with E-state index in [9.17, 15) is 0 Å². The molecule has 10 heavy (non-hydrogen) atoms. The summed E-state index contributed by atoms with van der Waals surface area (Å²) >= 11 is 0. The molecular weight excluding hydrogens is 128 g/mol. The van der Waals surface area contributed by atoms with Crippen LogP contribution in [0.4, 0.5) is 0 Å². The number of hydrogen-bond acceptors (Lipinski definition) is 1. The van der Waals surface area contributed by atoms with Gasteiger partial charge in [-0.2, -0.15) is 0 Å². The van der Waals surface area contributed by atoms with Gasteiger partial charge in [0.2, 0.25) is 0 Å². The minimum absolute atomic E-state index is 0. The summed E-state index contributed by atoms with van der Waals surface area (Å²) in [5.41, 5.74) is 1.30. The normalized spacial score (nSPS) is 21.4. The Kier molecular flexibility index (Phi) is 2.04. The summed E-state index contributed by atoms with van der Waals surface area (Å²) in [5.74, 6) is 0. The summed E-state index contributed by atoms with van der Waals surface area (Å²) in [6, 6.07) is 10.3. The van der Waals surface area contributed by atoms with E-state index < -0.39 is 0 Å². The van der Waals surface area contributed by atoms with E-state index in [4.69, 9.17) is 4.74 Å². The SMILES string of the molecule is O.c1ccc([C@H]2CO2)cc1. The van der Waals surface area contributed by atoms with Crippen LogP contribution in [-0.2, 0) is 4.74 Å². The number of rotatable bonds is 1. The van der Waals surface area contributed by atoms with Gasteiger partial charge in [-0.05, 0) is 5.56 Å². The lowest BCUT2D eigenvalue weighted by molar-refractivity contribution is 0.415. The van der Waals surface area contributed by atoms with Crippen molar-refractivity contribution in [3.63, 3.8) is 0 Å². The number of benzene rings is 1. The predicted octanol–water partition coefficient (Wildman–Crippen LogP) is 0.933. The summed E-state index contributed by atoms with van der Waals surface area (Å²) in [4.78, 5) is 0. The van der Waals surface area contributed by atoms with Gasteiger partial charge in [0.05, 0.1) is 6.61 Å². The summed E-state index contributed by atoms with van der Waals surface area (Å²) < 4.78 is 5.09. The molecule has 1 heterocycles. The second kappa shape index (κ2) is 2.82. The molecule has 2 N–H and O–H groups in total. The maximum Gasteiger partial charge on any atom is 0.106 e. The van der Waals surface area contributed by atoms with Gasteiger partial charge in [-0.15, -0.1) is 0 Å². The van der Waals surface area contributed by atoms with E-state index in [1.54, 1.807) is 0 Å². The Hall–Kier alpha value is -0.860. The first-order chi connectivity index (χ1) is 4.47. The summed E-state index contributed by atoms with van der Waals surface area (Å²) in [6.45, 7) is 0.907. The van der Waals surface area contributed by atoms with Crippen molar-refractivity contribution in [2.75, 3.05) is 6.61 Å². The van der Waals surface area contributed by atoms with Crippen LogP contribution < -0.4 is 0 Å². The minimum atomic E-state index is 0. The van der Waals surface area contributed by atoms with E-state index in [1.807, 2.05) is 18.2 Å². The molecule has 0 bridgehead atoms. The van der Waals surface area contributed by atoms with Crippen LogP contribution in [-0.4, -0.2) is 12.1 Å². The van der Waals surface area contributed by atoms with Gasteiger partial charge in [0.25, 0.3) is 0 Å². The first kappa shape index (κ1) is 7.25. The largest absolute Gasteiger partial charge is 0.412 e. The van der Waals surface area contributed by atoms with Gasteiger partial charge in [-0.1, -0.05) is 30.3 Å². The Morgan fingerprint density at radius 1 is 1.20 bits per heavy atom. The zero-order chi connectivity index (χ0) is 6.10. The molecule has 1 aromatic rings. The van der Waals surface area contributed by atoms with Crippen LogP contribution in [0.15, 0.2) is 30.3 Å². The highest BCUT2D eigenvalue weighted by molar-refractivity contribution is 5.19. The van der Waals surface area contributed by atoms with Crippen LogP contribution in [0, 0.1) is 0 Å². The molecule has 2 heteroatoms. The highest BCUT2D eigenvalue weighted by Crippen LogP contribution is 2.28. The average molecular weight is 138 g/mol. The second-order valence-electron chi connectivity index (χ2n) is 2.23. The number of ether oxygens (including phenoxy) is 1. The maximum atomic E-state index is 5.09. The third kappa shape index (κ3) is 1.35. The molecule has 1 atom stereocenters. The zero-order valence-electron chi connectivity index (χ0n) is 5.58. The highest BCUT2D eigenvalue weighted by Gasteiger charge is 2.23. The molecule has 2 rings (SSSR count). The molecule has 1 saturated heterocycles. The van der Waals surface area contributed by atoms with Crippen molar-refractivity contribution in [1.29, 1.82) is 0 Å². The Morgan fingerprint density at radius 3 is 2.30 bits per heavy atom. The lowest BCUT2D eigenvalue weighted by Crippen LogP contribution is -1.75. The molecule has 1 aliphatic rings. The fourth-order valence-electron chi connectivity index (χ4n) is 0.908. The molecule has 0 unspecified atom stereocenters. The molecule has 54 valence electrons. The van der Waals surface area contributed by atoms with Crippen LogP contribution >= 0.6 is 0 Å². The second-order valence-corrected chi connectivity index (χ2v) is 2.23. The van der Waals surface area contributed by atoms with E-state index in [0.717, 1.165) is 6.61 Å². The Balaban J connectivity index is 0.000000500. The van der Waals surface area contributed by atoms with Crippen molar-refractivity contribution >= 4 is 0 Å². The molecule has 1 aromatic carbocycles. The first-order valence-corrected chi connectivity index (χ1v) is 3.13. The molecule has 0 aliphatic carbocycles. The number of hydrogen-bond donors (Lipinski definition) is 0. The van der Waals surface area contributed by atoms with Crippen molar-refractivity contribution in [2.24, 2.45) is 0 Å². The zero-order valence-corrected chi connectivity index (χ0v) is 5.58. The molecule has 0 aromatic heterocycles. The standard InChI is InChI=1S/C8H8O.H2O/c1-2-4-7(5-3-1)8-6-9-8;/h1-5,8H,6H2;1H2/t8-;/m1./s1. The molecule has 0 spiro atoms. The van der Waals surface area contributed by atoms with Crippen molar-refractivity contribution in [3.8, 4) is 0 Å². The molecule has 0 amide bonds. The van der Waals surface area contributed by atoms with Crippen LogP contribution in [0.1, 0.15) is 11.7 Å². The Labute approximate surface area is 59.7 Å². The van der Waals surface area contributed by atoms with E-state index in [0.29, 0.717) is 6.10 Å². The number of epoxide rings is 1. The third-order valence-corrected chi connectivity index (χ3v) is 1.50. The Bertz CT molecular complexity index is 192. The van der Waals surface area contributed by atoms with E-state index >= 15 is 0 Å². The van der Waals surface area contributed by atoms with Gasteiger partial charge >= 0.3 is 0 Å². The fourth-order valence-corrected chi connectivity index (χ4v) is 0.908. The van der Waals surface area contributed by atoms with Gasteiger partial charge in [0.15, 0.2) is 0 Å². The molecule has 0 radical (unpaired) electrons. The summed E-state index contributed by atoms with van der Waals surface area (Å²) in [5, 5.41) is 0. The third-order valence-electron chi connectivity index (χ3n) is 1.50. The van der Waals surface area contributed by atoms with Gasteiger partial charge in [0, 0.05) is 0 Å². The van der Waals surface area contributed by atoms with E-state index in [-0.39, 0.29) is 5.48 Å². The van der Waals surface area contributed by atoms with Crippen LogP contribution in [0.3, 0.4) is 0 Å².